The zero-order valence-corrected chi connectivity index (χ0v) is 33.2. The van der Waals surface area contributed by atoms with Gasteiger partial charge in [-0.05, 0) is 108 Å². The molecule has 3 aliphatic carbocycles. The van der Waals surface area contributed by atoms with Crippen LogP contribution < -0.4 is 4.90 Å². The molecule has 1 heteroatoms. The highest BCUT2D eigenvalue weighted by Crippen LogP contribution is 2.66. The zero-order chi connectivity index (χ0) is 39.3. The van der Waals surface area contributed by atoms with Crippen molar-refractivity contribution in [3.05, 3.63) is 246 Å². The minimum atomic E-state index is -0.465. The lowest BCUT2D eigenvalue weighted by Gasteiger charge is -2.33. The molecule has 59 heavy (non-hydrogen) atoms. The second-order valence-corrected chi connectivity index (χ2v) is 16.8. The van der Waals surface area contributed by atoms with E-state index < -0.39 is 5.41 Å². The normalized spacial score (nSPS) is 14.2. The predicted molar refractivity (Wildman–Crippen MR) is 246 cm³/mol. The molecule has 1 spiro atoms. The second-order valence-electron chi connectivity index (χ2n) is 16.8. The minimum absolute atomic E-state index is 0.126. The van der Waals surface area contributed by atoms with Crippen molar-refractivity contribution in [1.82, 2.24) is 0 Å². The second kappa shape index (κ2) is 12.6. The van der Waals surface area contributed by atoms with Crippen LogP contribution in [-0.2, 0) is 10.8 Å². The monoisotopic (exact) mass is 751 g/mol. The predicted octanol–water partition coefficient (Wildman–Crippen LogP) is 15.1. The Kier molecular flexibility index (Phi) is 7.26. The number of para-hydroxylation sites is 1. The van der Waals surface area contributed by atoms with Gasteiger partial charge < -0.3 is 4.90 Å². The van der Waals surface area contributed by atoms with E-state index in [0.29, 0.717) is 0 Å². The highest BCUT2D eigenvalue weighted by Gasteiger charge is 2.52. The third kappa shape index (κ3) is 4.67. The van der Waals surface area contributed by atoms with Gasteiger partial charge in [-0.2, -0.15) is 0 Å². The van der Waals surface area contributed by atoms with Crippen molar-refractivity contribution in [2.24, 2.45) is 0 Å². The standard InChI is InChI=1S/C58H41N/c1-57(2)49-25-13-9-21-44(49)47-34-31-40(37-54(47)57)43-35-36-53-55(48-24-12-16-28-52(48)58(53)50-26-14-10-22-45(50)46-23-11-15-27-51(46)58)56(43)59(41-19-7-4-8-20-41)42-32-29-39(30-33-42)38-17-5-3-6-18-38/h3-37H,1-2H3. The van der Waals surface area contributed by atoms with Crippen LogP contribution in [0, 0.1) is 0 Å². The maximum absolute atomic E-state index is 2.53. The smallest absolute Gasteiger partial charge is 0.0726 e. The van der Waals surface area contributed by atoms with E-state index in [1.54, 1.807) is 0 Å². The van der Waals surface area contributed by atoms with Crippen LogP contribution in [0.2, 0.25) is 0 Å². The lowest BCUT2D eigenvalue weighted by Crippen LogP contribution is -2.26. The van der Waals surface area contributed by atoms with Gasteiger partial charge in [-0.15, -0.1) is 0 Å². The molecule has 0 aliphatic heterocycles. The molecular weight excluding hydrogens is 711 g/mol. The molecule has 0 bridgehead atoms. The summed E-state index contributed by atoms with van der Waals surface area (Å²) in [5.74, 6) is 0. The molecule has 0 N–H and O–H groups in total. The van der Waals surface area contributed by atoms with Gasteiger partial charge in [0, 0.05) is 27.9 Å². The van der Waals surface area contributed by atoms with Crippen molar-refractivity contribution in [2.45, 2.75) is 24.7 Å². The Balaban J connectivity index is 1.19. The van der Waals surface area contributed by atoms with E-state index in [4.69, 9.17) is 0 Å². The van der Waals surface area contributed by atoms with Crippen LogP contribution in [0.4, 0.5) is 17.1 Å². The molecule has 0 amide bonds. The van der Waals surface area contributed by atoms with Crippen LogP contribution in [0.25, 0.3) is 55.6 Å². The lowest BCUT2D eigenvalue weighted by atomic mass is 9.70. The van der Waals surface area contributed by atoms with E-state index in [-0.39, 0.29) is 5.41 Å². The number of anilines is 3. The molecule has 1 nitrogen and oxygen atoms in total. The molecule has 0 unspecified atom stereocenters. The number of benzene rings is 9. The Morgan fingerprint density at radius 3 is 1.39 bits per heavy atom. The van der Waals surface area contributed by atoms with Crippen molar-refractivity contribution in [2.75, 3.05) is 4.90 Å². The summed E-state index contributed by atoms with van der Waals surface area (Å²) in [5.41, 5.74) is 23.7. The molecule has 278 valence electrons. The van der Waals surface area contributed by atoms with Crippen LogP contribution >= 0.6 is 0 Å². The summed E-state index contributed by atoms with van der Waals surface area (Å²) >= 11 is 0. The molecule has 12 rings (SSSR count). The first-order valence-corrected chi connectivity index (χ1v) is 20.8. The van der Waals surface area contributed by atoms with Gasteiger partial charge in [-0.1, -0.05) is 196 Å². The summed E-state index contributed by atoms with van der Waals surface area (Å²) in [6.07, 6.45) is 0. The van der Waals surface area contributed by atoms with Crippen LogP contribution in [-0.4, -0.2) is 0 Å². The van der Waals surface area contributed by atoms with Crippen molar-refractivity contribution in [3.8, 4) is 55.6 Å². The van der Waals surface area contributed by atoms with Crippen LogP contribution in [0.3, 0.4) is 0 Å². The fourth-order valence-corrected chi connectivity index (χ4v) is 10.9. The fourth-order valence-electron chi connectivity index (χ4n) is 10.9. The van der Waals surface area contributed by atoms with Crippen LogP contribution in [0.1, 0.15) is 47.2 Å². The van der Waals surface area contributed by atoms with E-state index in [0.717, 1.165) is 11.4 Å². The van der Waals surface area contributed by atoms with Crippen molar-refractivity contribution in [1.29, 1.82) is 0 Å². The molecule has 9 aromatic carbocycles. The molecule has 0 fully saturated rings. The molecule has 0 atom stereocenters. The van der Waals surface area contributed by atoms with E-state index in [1.807, 2.05) is 0 Å². The minimum Gasteiger partial charge on any atom is -0.309 e. The van der Waals surface area contributed by atoms with Gasteiger partial charge in [0.2, 0.25) is 0 Å². The third-order valence-corrected chi connectivity index (χ3v) is 13.5. The Labute approximate surface area is 346 Å². The summed E-state index contributed by atoms with van der Waals surface area (Å²) in [7, 11) is 0. The van der Waals surface area contributed by atoms with Crippen molar-refractivity contribution < 1.29 is 0 Å². The van der Waals surface area contributed by atoms with Crippen molar-refractivity contribution in [3.63, 3.8) is 0 Å². The number of nitrogens with zero attached hydrogens (tertiary/aromatic N) is 1. The highest BCUT2D eigenvalue weighted by molar-refractivity contribution is 6.06. The maximum atomic E-state index is 2.53. The summed E-state index contributed by atoms with van der Waals surface area (Å²) in [6, 6.07) is 79.2. The molecule has 0 aromatic heterocycles. The summed E-state index contributed by atoms with van der Waals surface area (Å²) in [5, 5.41) is 0. The first-order chi connectivity index (χ1) is 29.0. The first kappa shape index (κ1) is 33.9. The largest absolute Gasteiger partial charge is 0.309 e. The van der Waals surface area contributed by atoms with E-state index >= 15 is 0 Å². The summed E-state index contributed by atoms with van der Waals surface area (Å²) in [6.45, 7) is 4.76. The quantitative estimate of drug-likeness (QED) is 0.169. The van der Waals surface area contributed by atoms with Gasteiger partial charge in [0.15, 0.2) is 0 Å². The fraction of sp³-hybridized carbons (Fsp3) is 0.0690. The SMILES string of the molecule is CC1(C)c2ccccc2-c2ccc(-c3ccc4c(c3N(c3ccccc3)c3ccc(-c5ccccc5)cc3)-c3ccccc3C43c4ccccc4-c4ccccc43)cc21. The van der Waals surface area contributed by atoms with Gasteiger partial charge in [-0.25, -0.2) is 0 Å². The highest BCUT2D eigenvalue weighted by atomic mass is 15.1. The van der Waals surface area contributed by atoms with E-state index in [9.17, 15) is 0 Å². The van der Waals surface area contributed by atoms with Crippen LogP contribution in [0.5, 0.6) is 0 Å². The first-order valence-electron chi connectivity index (χ1n) is 20.8. The Hall–Kier alpha value is -7.22. The van der Waals surface area contributed by atoms with Gasteiger partial charge in [0.25, 0.3) is 0 Å². The van der Waals surface area contributed by atoms with E-state index in [1.165, 1.54) is 94.7 Å². The lowest BCUT2D eigenvalue weighted by molar-refractivity contribution is 0.660. The maximum Gasteiger partial charge on any atom is 0.0726 e. The zero-order valence-electron chi connectivity index (χ0n) is 33.2. The third-order valence-electron chi connectivity index (χ3n) is 13.5. The number of rotatable bonds is 5. The molecule has 9 aromatic rings. The summed E-state index contributed by atoms with van der Waals surface area (Å²) in [4.78, 5) is 2.53. The molecule has 0 saturated carbocycles. The Morgan fingerprint density at radius 1 is 0.305 bits per heavy atom. The number of hydrogen-bond acceptors (Lipinski definition) is 1. The van der Waals surface area contributed by atoms with Gasteiger partial charge >= 0.3 is 0 Å². The van der Waals surface area contributed by atoms with Crippen LogP contribution in [0.15, 0.2) is 212 Å². The molecule has 0 heterocycles. The number of fused-ring (bicyclic) bond motifs is 13. The molecular formula is C58H41N. The Bertz CT molecular complexity index is 3070. The Morgan fingerprint density at radius 2 is 0.746 bits per heavy atom. The average molecular weight is 752 g/mol. The van der Waals surface area contributed by atoms with Crippen molar-refractivity contribution >= 4 is 17.1 Å². The molecule has 0 saturated heterocycles. The average Bonchev–Trinajstić information content (AvgIpc) is 3.86. The number of hydrogen-bond donors (Lipinski definition) is 0. The van der Waals surface area contributed by atoms with Gasteiger partial charge in [0.1, 0.15) is 0 Å². The molecule has 3 aliphatic rings. The van der Waals surface area contributed by atoms with Gasteiger partial charge in [-0.3, -0.25) is 0 Å². The topological polar surface area (TPSA) is 3.24 Å². The van der Waals surface area contributed by atoms with E-state index in [2.05, 4.69) is 231 Å². The summed E-state index contributed by atoms with van der Waals surface area (Å²) < 4.78 is 0. The van der Waals surface area contributed by atoms with Gasteiger partial charge in [0.05, 0.1) is 11.1 Å². The molecule has 0 radical (unpaired) electrons.